The van der Waals surface area contributed by atoms with Gasteiger partial charge in [-0.25, -0.2) is 0 Å². The molecule has 1 atom stereocenters. The van der Waals surface area contributed by atoms with Gasteiger partial charge in [-0.3, -0.25) is 4.79 Å². The van der Waals surface area contributed by atoms with Crippen LogP contribution < -0.4 is 5.32 Å². The topological polar surface area (TPSA) is 34.0 Å². The van der Waals surface area contributed by atoms with Crippen molar-refractivity contribution in [1.29, 1.82) is 0 Å². The van der Waals surface area contributed by atoms with Crippen LogP contribution in [0, 0.1) is 19.3 Å². The van der Waals surface area contributed by atoms with E-state index in [1.165, 1.54) is 33.5 Å². The van der Waals surface area contributed by atoms with Gasteiger partial charge < -0.3 is 9.88 Å². The van der Waals surface area contributed by atoms with Crippen molar-refractivity contribution in [3.8, 4) is 11.1 Å². The molecule has 41 heavy (non-hydrogen) atoms. The second-order valence-corrected chi connectivity index (χ2v) is 12.7. The van der Waals surface area contributed by atoms with E-state index in [9.17, 15) is 4.79 Å². The maximum absolute atomic E-state index is 13.7. The van der Waals surface area contributed by atoms with Gasteiger partial charge in [0.15, 0.2) is 0 Å². The highest BCUT2D eigenvalue weighted by Gasteiger charge is 2.29. The van der Waals surface area contributed by atoms with Gasteiger partial charge in [0.05, 0.1) is 6.04 Å². The Balaban J connectivity index is 1.41. The highest BCUT2D eigenvalue weighted by molar-refractivity contribution is 5.99. The van der Waals surface area contributed by atoms with E-state index in [0.29, 0.717) is 11.5 Å². The van der Waals surface area contributed by atoms with Crippen molar-refractivity contribution < 1.29 is 4.79 Å². The van der Waals surface area contributed by atoms with Crippen molar-refractivity contribution in [2.24, 2.45) is 5.41 Å². The minimum atomic E-state index is -0.138. The number of nitrogens with zero attached hydrogens (tertiary/aromatic N) is 1. The Labute approximate surface area is 245 Å². The van der Waals surface area contributed by atoms with Crippen LogP contribution >= 0.6 is 0 Å². The number of carbonyl (C=O) groups excluding carboxylic acids is 1. The summed E-state index contributed by atoms with van der Waals surface area (Å²) in [5.74, 6) is 0.397. The molecule has 0 aliphatic carbocycles. The second kappa shape index (κ2) is 11.4. The first-order valence-corrected chi connectivity index (χ1v) is 14.7. The summed E-state index contributed by atoms with van der Waals surface area (Å²) in [6, 6.07) is 34.0. The third-order valence-electron chi connectivity index (χ3n) is 8.36. The molecule has 0 bridgehead atoms. The van der Waals surface area contributed by atoms with Crippen LogP contribution in [0.25, 0.3) is 22.0 Å². The molecule has 0 radical (unpaired) electrons. The molecule has 0 saturated carbocycles. The molecule has 4 aromatic carbocycles. The lowest BCUT2D eigenvalue weighted by Crippen LogP contribution is -2.36. The molecule has 3 heteroatoms. The summed E-state index contributed by atoms with van der Waals surface area (Å²) in [7, 11) is 0. The number of aryl methyl sites for hydroxylation is 1. The van der Waals surface area contributed by atoms with Crippen LogP contribution in [0.2, 0.25) is 0 Å². The average Bonchev–Trinajstić information content (AvgIpc) is 3.20. The molecule has 210 valence electrons. The van der Waals surface area contributed by atoms with Gasteiger partial charge in [0.25, 0.3) is 5.91 Å². The van der Waals surface area contributed by atoms with Gasteiger partial charge in [0.1, 0.15) is 0 Å². The summed E-state index contributed by atoms with van der Waals surface area (Å²) < 4.78 is 2.36. The normalized spacial score (nSPS) is 12.6. The smallest absolute Gasteiger partial charge is 0.251 e. The van der Waals surface area contributed by atoms with E-state index >= 15 is 0 Å². The van der Waals surface area contributed by atoms with Gasteiger partial charge in [0.2, 0.25) is 0 Å². The second-order valence-electron chi connectivity index (χ2n) is 12.7. The Bertz CT molecular complexity index is 1670. The van der Waals surface area contributed by atoms with Gasteiger partial charge in [-0.2, -0.15) is 0 Å². The fourth-order valence-electron chi connectivity index (χ4n) is 5.72. The Morgan fingerprint density at radius 2 is 1.44 bits per heavy atom. The van der Waals surface area contributed by atoms with Crippen LogP contribution in [-0.2, 0) is 6.54 Å². The quantitative estimate of drug-likeness (QED) is 0.218. The Morgan fingerprint density at radius 3 is 2.10 bits per heavy atom. The summed E-state index contributed by atoms with van der Waals surface area (Å²) in [5, 5.41) is 4.50. The van der Waals surface area contributed by atoms with Crippen molar-refractivity contribution in [3.05, 3.63) is 131 Å². The minimum Gasteiger partial charge on any atom is -0.345 e. The molecule has 1 aromatic heterocycles. The number of benzene rings is 4. The first-order chi connectivity index (χ1) is 19.5. The number of amides is 1. The van der Waals surface area contributed by atoms with Crippen LogP contribution in [0.4, 0.5) is 0 Å². The van der Waals surface area contributed by atoms with E-state index in [2.05, 4.69) is 143 Å². The predicted octanol–water partition coefficient (Wildman–Crippen LogP) is 9.61. The fourth-order valence-corrected chi connectivity index (χ4v) is 5.72. The molecule has 0 saturated heterocycles. The average molecular weight is 543 g/mol. The molecule has 0 spiro atoms. The summed E-state index contributed by atoms with van der Waals surface area (Å²) in [5.41, 5.74) is 10.3. The number of fused-ring (bicyclic) bond motifs is 1. The number of carbonyl (C=O) groups is 1. The number of aromatic nitrogens is 1. The molecular weight excluding hydrogens is 500 g/mol. The van der Waals surface area contributed by atoms with Crippen LogP contribution in [0.15, 0.2) is 97.1 Å². The number of hydrogen-bond acceptors (Lipinski definition) is 1. The SMILES string of the molecule is Cc1c(C)n(Cc2ccc(-c3ccccc3)cc2)c2ccc(C(=O)N[C@H](c3cccc(C(C)C)c3)C(C)(C)C)cc12. The fraction of sp³-hybridized carbons (Fsp3) is 0.289. The van der Waals surface area contributed by atoms with Crippen LogP contribution in [0.5, 0.6) is 0 Å². The lowest BCUT2D eigenvalue weighted by molar-refractivity contribution is 0.0902. The molecule has 0 unspecified atom stereocenters. The molecule has 0 aliphatic heterocycles. The van der Waals surface area contributed by atoms with Crippen LogP contribution in [0.3, 0.4) is 0 Å². The van der Waals surface area contributed by atoms with E-state index in [0.717, 1.165) is 23.0 Å². The third kappa shape index (κ3) is 6.00. The van der Waals surface area contributed by atoms with Crippen molar-refractivity contribution >= 4 is 16.8 Å². The number of rotatable bonds is 7. The minimum absolute atomic E-state index is 0.0388. The van der Waals surface area contributed by atoms with Crippen molar-refractivity contribution in [1.82, 2.24) is 9.88 Å². The lowest BCUT2D eigenvalue weighted by Gasteiger charge is -2.32. The molecule has 0 aliphatic rings. The van der Waals surface area contributed by atoms with Crippen LogP contribution in [-0.4, -0.2) is 10.5 Å². The summed E-state index contributed by atoms with van der Waals surface area (Å²) >= 11 is 0. The van der Waals surface area contributed by atoms with E-state index in [-0.39, 0.29) is 17.4 Å². The molecule has 3 nitrogen and oxygen atoms in total. The van der Waals surface area contributed by atoms with Gasteiger partial charge in [-0.05, 0) is 76.8 Å². The van der Waals surface area contributed by atoms with E-state index in [1.54, 1.807) is 0 Å². The van der Waals surface area contributed by atoms with Gasteiger partial charge in [-0.15, -0.1) is 0 Å². The zero-order valence-electron chi connectivity index (χ0n) is 25.5. The van der Waals surface area contributed by atoms with Gasteiger partial charge in [0, 0.05) is 28.7 Å². The van der Waals surface area contributed by atoms with E-state index in [4.69, 9.17) is 0 Å². The Hall–Kier alpha value is -4.11. The van der Waals surface area contributed by atoms with Crippen LogP contribution in [0.1, 0.15) is 84.9 Å². The summed E-state index contributed by atoms with van der Waals surface area (Å²) in [4.78, 5) is 13.7. The van der Waals surface area contributed by atoms with Crippen molar-refractivity contribution in [2.45, 2.75) is 67.0 Å². The zero-order valence-corrected chi connectivity index (χ0v) is 25.5. The molecule has 1 N–H and O–H groups in total. The van der Waals surface area contributed by atoms with Gasteiger partial charge in [-0.1, -0.05) is 113 Å². The standard InChI is InChI=1S/C38H42N2O/c1-25(2)31-14-11-15-32(22-31)36(38(5,6)7)39-37(41)33-20-21-35-34(23-33)26(3)27(4)40(35)24-28-16-18-30(19-17-28)29-12-9-8-10-13-29/h8-23,25,36H,24H2,1-7H3,(H,39,41)/t36-/m1/s1. The lowest BCUT2D eigenvalue weighted by atomic mass is 9.81. The highest BCUT2D eigenvalue weighted by Crippen LogP contribution is 2.35. The highest BCUT2D eigenvalue weighted by atomic mass is 16.1. The van der Waals surface area contributed by atoms with Crippen molar-refractivity contribution in [3.63, 3.8) is 0 Å². The monoisotopic (exact) mass is 542 g/mol. The zero-order chi connectivity index (χ0) is 29.3. The first kappa shape index (κ1) is 28.4. The summed E-state index contributed by atoms with van der Waals surface area (Å²) in [6.45, 7) is 16.1. The largest absolute Gasteiger partial charge is 0.345 e. The molecule has 5 rings (SSSR count). The maximum atomic E-state index is 13.7. The predicted molar refractivity (Wildman–Crippen MR) is 173 cm³/mol. The molecule has 1 amide bonds. The molecule has 0 fully saturated rings. The van der Waals surface area contributed by atoms with E-state index in [1.807, 2.05) is 12.1 Å². The molecular formula is C38H42N2O. The van der Waals surface area contributed by atoms with Crippen molar-refractivity contribution in [2.75, 3.05) is 0 Å². The first-order valence-electron chi connectivity index (χ1n) is 14.7. The maximum Gasteiger partial charge on any atom is 0.251 e. The Kier molecular flexibility index (Phi) is 7.91. The van der Waals surface area contributed by atoms with E-state index < -0.39 is 0 Å². The third-order valence-corrected chi connectivity index (χ3v) is 8.36. The number of nitrogens with one attached hydrogen (secondary N) is 1. The molecule has 5 aromatic rings. The Morgan fingerprint density at radius 1 is 0.780 bits per heavy atom. The van der Waals surface area contributed by atoms with Gasteiger partial charge >= 0.3 is 0 Å². The molecule has 1 heterocycles. The summed E-state index contributed by atoms with van der Waals surface area (Å²) in [6.07, 6.45) is 0. The number of hydrogen-bond donors (Lipinski definition) is 1.